The summed E-state index contributed by atoms with van der Waals surface area (Å²) in [4.78, 5) is 0. The van der Waals surface area contributed by atoms with E-state index in [0.29, 0.717) is 0 Å². The Morgan fingerprint density at radius 1 is 0.243 bits per heavy atom. The molecule has 0 N–H and O–H groups in total. The fourth-order valence-corrected chi connectivity index (χ4v) is 6.72. The molecule has 0 aliphatic carbocycles. The summed E-state index contributed by atoms with van der Waals surface area (Å²) < 4.78 is 4.11. The summed E-state index contributed by atoms with van der Waals surface area (Å²) in [5, 5.41) is 0. The largest absolute Gasteiger partial charge is 0.324 e. The Hall–Kier alpha value is -0.120. The van der Waals surface area contributed by atoms with E-state index in [0.717, 1.165) is 0 Å². The van der Waals surface area contributed by atoms with Gasteiger partial charge in [0.05, 0.1) is 78.5 Å². The van der Waals surface area contributed by atoms with Crippen molar-refractivity contribution in [1.29, 1.82) is 0 Å². The van der Waals surface area contributed by atoms with Crippen molar-refractivity contribution in [3.8, 4) is 0 Å². The molecule has 3 heteroatoms. The highest BCUT2D eigenvalue weighted by atomic mass is 15.4. The molecular formula is C34H76N3+3. The molecular weight excluding hydrogens is 450 g/mol. The first-order valence-electron chi connectivity index (χ1n) is 17.5. The van der Waals surface area contributed by atoms with Gasteiger partial charge in [-0.2, -0.15) is 0 Å². The minimum Gasteiger partial charge on any atom is -0.324 e. The average Bonchev–Trinajstić information content (AvgIpc) is 2.94. The van der Waals surface area contributed by atoms with Crippen molar-refractivity contribution in [1.82, 2.24) is 0 Å². The average molecular weight is 527 g/mol. The molecule has 0 bridgehead atoms. The van der Waals surface area contributed by atoms with Crippen molar-refractivity contribution in [3.63, 3.8) is 0 Å². The second-order valence-electron chi connectivity index (χ2n) is 12.6. The van der Waals surface area contributed by atoms with Gasteiger partial charge >= 0.3 is 0 Å². The first-order chi connectivity index (χ1) is 17.9. The Balaban J connectivity index is 4.52. The third-order valence-corrected chi connectivity index (χ3v) is 10.3. The summed E-state index contributed by atoms with van der Waals surface area (Å²) in [6.45, 7) is 35.7. The van der Waals surface area contributed by atoms with E-state index in [1.165, 1.54) is 182 Å². The van der Waals surface area contributed by atoms with Gasteiger partial charge in [-0.1, -0.05) is 40.0 Å². The van der Waals surface area contributed by atoms with E-state index < -0.39 is 0 Å². The molecule has 0 aliphatic rings. The van der Waals surface area contributed by atoms with Gasteiger partial charge in [-0.3, -0.25) is 0 Å². The van der Waals surface area contributed by atoms with Crippen molar-refractivity contribution in [3.05, 3.63) is 0 Å². The Morgan fingerprint density at radius 3 is 0.703 bits per heavy atom. The van der Waals surface area contributed by atoms with Crippen LogP contribution < -0.4 is 0 Å². The topological polar surface area (TPSA) is 0 Å². The van der Waals surface area contributed by atoms with Gasteiger partial charge in [0.2, 0.25) is 0 Å². The third-order valence-electron chi connectivity index (χ3n) is 10.3. The zero-order chi connectivity index (χ0) is 27.9. The minimum absolute atomic E-state index is 1.32. The van der Waals surface area contributed by atoms with E-state index in [9.17, 15) is 0 Å². The molecule has 0 fully saturated rings. The third kappa shape index (κ3) is 15.3. The molecule has 0 aromatic carbocycles. The molecule has 0 aromatic heterocycles. The Bertz CT molecular complexity index is 445. The molecule has 0 heterocycles. The lowest BCUT2D eigenvalue weighted by Crippen LogP contribution is -2.50. The van der Waals surface area contributed by atoms with Crippen LogP contribution in [0.25, 0.3) is 0 Å². The number of hydrogen-bond donors (Lipinski definition) is 0. The van der Waals surface area contributed by atoms with Crippen LogP contribution in [0.4, 0.5) is 0 Å². The molecule has 3 nitrogen and oxygen atoms in total. The summed E-state index contributed by atoms with van der Waals surface area (Å²) in [7, 11) is 0. The number of unbranched alkanes of at least 4 members (excludes halogenated alkanes) is 9. The van der Waals surface area contributed by atoms with Gasteiger partial charge in [0.1, 0.15) is 0 Å². The summed E-state index contributed by atoms with van der Waals surface area (Å²) >= 11 is 0. The van der Waals surface area contributed by atoms with E-state index in [-0.39, 0.29) is 0 Å². The van der Waals surface area contributed by atoms with Crippen molar-refractivity contribution in [2.75, 3.05) is 78.5 Å². The molecule has 0 radical (unpaired) electrons. The molecule has 37 heavy (non-hydrogen) atoms. The molecule has 0 amide bonds. The van der Waals surface area contributed by atoms with Gasteiger partial charge in [0, 0.05) is 0 Å². The second kappa shape index (κ2) is 22.7. The fraction of sp³-hybridized carbons (Fsp3) is 1.00. The van der Waals surface area contributed by atoms with Crippen molar-refractivity contribution in [2.24, 2.45) is 0 Å². The highest BCUT2D eigenvalue weighted by Crippen LogP contribution is 2.19. The molecule has 0 atom stereocenters. The number of hydrogen-bond acceptors (Lipinski definition) is 0. The standard InChI is InChI=1S/C34H76N3/c1-9-17-28-35(12-4,13-5)31-24-20-22-26-33-37(16-8,30-19-11-3)34-27-23-21-25-32-36(14-6,15-7)29-18-10-2/h9-34H2,1-8H3/q+3. The second-order valence-corrected chi connectivity index (χ2v) is 12.6. The summed E-state index contributed by atoms with van der Waals surface area (Å²) in [6.07, 6.45) is 19.7. The predicted octanol–water partition coefficient (Wildman–Crippen LogP) is 9.06. The molecule has 0 saturated heterocycles. The first kappa shape index (κ1) is 36.9. The quantitative estimate of drug-likeness (QED) is 0.0704. The first-order valence-corrected chi connectivity index (χ1v) is 17.5. The smallest absolute Gasteiger partial charge is 0.0786 e. The van der Waals surface area contributed by atoms with Crippen LogP contribution in [-0.4, -0.2) is 92.0 Å². The Morgan fingerprint density at radius 2 is 0.459 bits per heavy atom. The van der Waals surface area contributed by atoms with E-state index >= 15 is 0 Å². The number of nitrogens with zero attached hydrogens (tertiary/aromatic N) is 3. The van der Waals surface area contributed by atoms with E-state index in [1.54, 1.807) is 0 Å². The molecule has 0 saturated carbocycles. The van der Waals surface area contributed by atoms with Gasteiger partial charge in [0.25, 0.3) is 0 Å². The monoisotopic (exact) mass is 527 g/mol. The summed E-state index contributed by atoms with van der Waals surface area (Å²) in [6, 6.07) is 0. The van der Waals surface area contributed by atoms with Crippen LogP contribution in [0.2, 0.25) is 0 Å². The lowest BCUT2D eigenvalue weighted by atomic mass is 10.1. The maximum Gasteiger partial charge on any atom is 0.0786 e. The number of rotatable bonds is 28. The van der Waals surface area contributed by atoms with Crippen LogP contribution in [0.3, 0.4) is 0 Å². The van der Waals surface area contributed by atoms with Gasteiger partial charge in [0.15, 0.2) is 0 Å². The molecule has 0 rings (SSSR count). The number of quaternary nitrogens is 3. The SMILES string of the molecule is CCCC[N+](CC)(CC)CCCCCC[N+](CC)(CCCC)CCCCCC[N+](CC)(CC)CCCC. The lowest BCUT2D eigenvalue weighted by molar-refractivity contribution is -0.927. The van der Waals surface area contributed by atoms with Gasteiger partial charge in [-0.25, -0.2) is 0 Å². The van der Waals surface area contributed by atoms with E-state index in [2.05, 4.69) is 55.4 Å². The Kier molecular flexibility index (Phi) is 22.6. The van der Waals surface area contributed by atoms with E-state index in [4.69, 9.17) is 0 Å². The van der Waals surface area contributed by atoms with Gasteiger partial charge in [-0.05, 0) is 105 Å². The van der Waals surface area contributed by atoms with Crippen LogP contribution >= 0.6 is 0 Å². The predicted molar refractivity (Wildman–Crippen MR) is 169 cm³/mol. The van der Waals surface area contributed by atoms with Crippen LogP contribution in [0, 0.1) is 0 Å². The zero-order valence-corrected chi connectivity index (χ0v) is 27.7. The van der Waals surface area contributed by atoms with Crippen LogP contribution in [0.5, 0.6) is 0 Å². The molecule has 0 aromatic rings. The van der Waals surface area contributed by atoms with Crippen molar-refractivity contribution < 1.29 is 13.4 Å². The molecule has 0 spiro atoms. The normalized spacial score (nSPS) is 13.0. The molecule has 0 unspecified atom stereocenters. The van der Waals surface area contributed by atoms with Crippen molar-refractivity contribution >= 4 is 0 Å². The zero-order valence-electron chi connectivity index (χ0n) is 27.7. The molecule has 0 aliphatic heterocycles. The highest BCUT2D eigenvalue weighted by molar-refractivity contribution is 4.53. The van der Waals surface area contributed by atoms with Crippen molar-refractivity contribution in [2.45, 2.75) is 145 Å². The maximum atomic E-state index is 2.47. The Labute approximate surface area is 237 Å². The summed E-state index contributed by atoms with van der Waals surface area (Å²) in [5.41, 5.74) is 0. The van der Waals surface area contributed by atoms with Crippen LogP contribution in [0.1, 0.15) is 145 Å². The molecule has 224 valence electrons. The highest BCUT2D eigenvalue weighted by Gasteiger charge is 2.25. The maximum absolute atomic E-state index is 2.47. The van der Waals surface area contributed by atoms with Crippen LogP contribution in [0.15, 0.2) is 0 Å². The summed E-state index contributed by atoms with van der Waals surface area (Å²) in [5.74, 6) is 0. The minimum atomic E-state index is 1.32. The van der Waals surface area contributed by atoms with E-state index in [1.807, 2.05) is 0 Å². The van der Waals surface area contributed by atoms with Gasteiger partial charge < -0.3 is 13.4 Å². The van der Waals surface area contributed by atoms with Gasteiger partial charge in [-0.15, -0.1) is 0 Å². The lowest BCUT2D eigenvalue weighted by Gasteiger charge is -2.39. The fourth-order valence-electron chi connectivity index (χ4n) is 6.72. The van der Waals surface area contributed by atoms with Crippen LogP contribution in [-0.2, 0) is 0 Å².